The van der Waals surface area contributed by atoms with E-state index in [0.29, 0.717) is 11.3 Å². The lowest BCUT2D eigenvalue weighted by Crippen LogP contribution is -2.33. The van der Waals surface area contributed by atoms with Gasteiger partial charge in [0, 0.05) is 13.1 Å². The molecule has 1 aliphatic rings. The van der Waals surface area contributed by atoms with Crippen LogP contribution in [0.3, 0.4) is 0 Å². The molecule has 0 aliphatic carbocycles. The minimum absolute atomic E-state index is 0.108. The number of amides is 1. The Kier molecular flexibility index (Phi) is 5.15. The molecule has 122 valence electrons. The molecule has 0 radical (unpaired) electrons. The van der Waals surface area contributed by atoms with Crippen molar-refractivity contribution in [3.05, 3.63) is 29.3 Å². The summed E-state index contributed by atoms with van der Waals surface area (Å²) in [5.74, 6) is 1.55. The number of carbonyl (C=O) groups excluding carboxylic acids is 1. The van der Waals surface area contributed by atoms with E-state index in [1.54, 1.807) is 0 Å². The Morgan fingerprint density at radius 2 is 2.05 bits per heavy atom. The summed E-state index contributed by atoms with van der Waals surface area (Å²) in [6.07, 6.45) is 2.29. The SMILES string of the molecule is Cc1ccc(OCC(=O)N2CCC(CC(C)(C)C)C2)c(C)c1. The molecular formula is C19H29NO2. The lowest BCUT2D eigenvalue weighted by Gasteiger charge is -2.23. The molecule has 0 bridgehead atoms. The molecule has 1 aromatic carbocycles. The predicted octanol–water partition coefficient (Wildman–Crippen LogP) is 3.97. The number of ether oxygens (including phenoxy) is 1. The maximum atomic E-state index is 12.3. The fourth-order valence-electron chi connectivity index (χ4n) is 3.28. The molecule has 1 fully saturated rings. The molecule has 0 spiro atoms. The van der Waals surface area contributed by atoms with Crippen LogP contribution in [0.2, 0.25) is 0 Å². The number of nitrogens with zero attached hydrogens (tertiary/aromatic N) is 1. The van der Waals surface area contributed by atoms with Gasteiger partial charge in [0.1, 0.15) is 5.75 Å². The van der Waals surface area contributed by atoms with Crippen LogP contribution in [0.4, 0.5) is 0 Å². The van der Waals surface area contributed by atoms with Crippen molar-refractivity contribution in [2.75, 3.05) is 19.7 Å². The van der Waals surface area contributed by atoms with Crippen molar-refractivity contribution in [3.8, 4) is 5.75 Å². The van der Waals surface area contributed by atoms with Crippen LogP contribution in [0, 0.1) is 25.2 Å². The average molecular weight is 303 g/mol. The summed E-state index contributed by atoms with van der Waals surface area (Å²) in [6.45, 7) is 12.8. The fourth-order valence-corrected chi connectivity index (χ4v) is 3.28. The van der Waals surface area contributed by atoms with Crippen LogP contribution < -0.4 is 4.74 Å². The van der Waals surface area contributed by atoms with Gasteiger partial charge in [-0.3, -0.25) is 4.79 Å². The lowest BCUT2D eigenvalue weighted by atomic mass is 9.84. The van der Waals surface area contributed by atoms with Crippen molar-refractivity contribution in [2.45, 2.75) is 47.5 Å². The molecule has 22 heavy (non-hydrogen) atoms. The Morgan fingerprint density at radius 3 is 2.68 bits per heavy atom. The topological polar surface area (TPSA) is 29.5 Å². The largest absolute Gasteiger partial charge is 0.484 e. The minimum atomic E-state index is 0.108. The van der Waals surface area contributed by atoms with E-state index in [9.17, 15) is 4.79 Å². The molecule has 1 aromatic rings. The van der Waals surface area contributed by atoms with Gasteiger partial charge in [-0.05, 0) is 49.7 Å². The fraction of sp³-hybridized carbons (Fsp3) is 0.632. The Balaban J connectivity index is 1.83. The molecule has 1 amide bonds. The standard InChI is InChI=1S/C19H29NO2/c1-14-6-7-17(15(2)10-14)22-13-18(21)20-9-8-16(12-20)11-19(3,4)5/h6-7,10,16H,8-9,11-13H2,1-5H3. The summed E-state index contributed by atoms with van der Waals surface area (Å²) in [5.41, 5.74) is 2.62. The zero-order valence-electron chi connectivity index (χ0n) is 14.6. The molecule has 2 rings (SSSR count). The first-order valence-electron chi connectivity index (χ1n) is 8.22. The van der Waals surface area contributed by atoms with Crippen LogP contribution >= 0.6 is 0 Å². The maximum Gasteiger partial charge on any atom is 0.260 e. The van der Waals surface area contributed by atoms with Gasteiger partial charge >= 0.3 is 0 Å². The summed E-state index contributed by atoms with van der Waals surface area (Å²) >= 11 is 0. The first-order valence-corrected chi connectivity index (χ1v) is 8.22. The van der Waals surface area contributed by atoms with Gasteiger partial charge in [0.15, 0.2) is 6.61 Å². The second-order valence-corrected chi connectivity index (χ2v) is 7.82. The molecular weight excluding hydrogens is 274 g/mol. The van der Waals surface area contributed by atoms with Gasteiger partial charge in [-0.25, -0.2) is 0 Å². The number of benzene rings is 1. The van der Waals surface area contributed by atoms with Crippen molar-refractivity contribution >= 4 is 5.91 Å². The van der Waals surface area contributed by atoms with Gasteiger partial charge in [0.05, 0.1) is 0 Å². The van der Waals surface area contributed by atoms with Gasteiger partial charge in [0.2, 0.25) is 0 Å². The second-order valence-electron chi connectivity index (χ2n) is 7.82. The molecule has 1 aliphatic heterocycles. The van der Waals surface area contributed by atoms with Gasteiger partial charge in [-0.1, -0.05) is 38.5 Å². The average Bonchev–Trinajstić information content (AvgIpc) is 2.83. The summed E-state index contributed by atoms with van der Waals surface area (Å²) in [4.78, 5) is 14.3. The molecule has 1 atom stereocenters. The number of hydrogen-bond acceptors (Lipinski definition) is 2. The molecule has 3 nitrogen and oxygen atoms in total. The third kappa shape index (κ3) is 4.75. The third-order valence-electron chi connectivity index (χ3n) is 4.22. The molecule has 0 N–H and O–H groups in total. The van der Waals surface area contributed by atoms with Crippen molar-refractivity contribution < 1.29 is 9.53 Å². The molecule has 1 saturated heterocycles. The first kappa shape index (κ1) is 16.9. The number of hydrogen-bond donors (Lipinski definition) is 0. The zero-order chi connectivity index (χ0) is 16.3. The van der Waals surface area contributed by atoms with Crippen LogP contribution in [-0.2, 0) is 4.79 Å². The Morgan fingerprint density at radius 1 is 1.32 bits per heavy atom. The Hall–Kier alpha value is -1.51. The third-order valence-corrected chi connectivity index (χ3v) is 4.22. The van der Waals surface area contributed by atoms with Crippen molar-refractivity contribution in [1.82, 2.24) is 4.90 Å². The van der Waals surface area contributed by atoms with E-state index in [4.69, 9.17) is 4.74 Å². The normalized spacial score (nSPS) is 18.6. The molecule has 1 unspecified atom stereocenters. The van der Waals surface area contributed by atoms with Gasteiger partial charge in [0.25, 0.3) is 5.91 Å². The number of aryl methyl sites for hydroxylation is 2. The van der Waals surface area contributed by atoms with Crippen molar-refractivity contribution in [1.29, 1.82) is 0 Å². The lowest BCUT2D eigenvalue weighted by molar-refractivity contribution is -0.132. The maximum absolute atomic E-state index is 12.3. The smallest absolute Gasteiger partial charge is 0.260 e. The molecule has 1 heterocycles. The summed E-state index contributed by atoms with van der Waals surface area (Å²) in [6, 6.07) is 6.04. The summed E-state index contributed by atoms with van der Waals surface area (Å²) in [5, 5.41) is 0. The quantitative estimate of drug-likeness (QED) is 0.842. The van der Waals surface area contributed by atoms with E-state index in [2.05, 4.69) is 33.8 Å². The Bertz CT molecular complexity index is 531. The zero-order valence-corrected chi connectivity index (χ0v) is 14.6. The highest BCUT2D eigenvalue weighted by Gasteiger charge is 2.29. The van der Waals surface area contributed by atoms with Crippen LogP contribution in [-0.4, -0.2) is 30.5 Å². The van der Waals surface area contributed by atoms with Crippen molar-refractivity contribution in [2.24, 2.45) is 11.3 Å². The molecule has 3 heteroatoms. The van der Waals surface area contributed by atoms with E-state index in [0.717, 1.165) is 30.8 Å². The predicted molar refractivity (Wildman–Crippen MR) is 90.2 cm³/mol. The van der Waals surface area contributed by atoms with E-state index in [-0.39, 0.29) is 12.5 Å². The van der Waals surface area contributed by atoms with Gasteiger partial charge in [-0.15, -0.1) is 0 Å². The summed E-state index contributed by atoms with van der Waals surface area (Å²) < 4.78 is 5.71. The van der Waals surface area contributed by atoms with Crippen molar-refractivity contribution in [3.63, 3.8) is 0 Å². The van der Waals surface area contributed by atoms with Gasteiger partial charge in [-0.2, -0.15) is 0 Å². The van der Waals surface area contributed by atoms with Crippen LogP contribution in [0.15, 0.2) is 18.2 Å². The first-order chi connectivity index (χ1) is 10.2. The van der Waals surface area contributed by atoms with E-state index in [1.807, 2.05) is 24.0 Å². The monoisotopic (exact) mass is 303 g/mol. The Labute approximate surface area is 134 Å². The highest BCUT2D eigenvalue weighted by Crippen LogP contribution is 2.30. The number of carbonyl (C=O) groups is 1. The van der Waals surface area contributed by atoms with E-state index >= 15 is 0 Å². The van der Waals surface area contributed by atoms with Gasteiger partial charge < -0.3 is 9.64 Å². The van der Waals surface area contributed by atoms with Crippen LogP contribution in [0.5, 0.6) is 5.75 Å². The second kappa shape index (κ2) is 6.72. The van der Waals surface area contributed by atoms with Crippen LogP contribution in [0.25, 0.3) is 0 Å². The van der Waals surface area contributed by atoms with Crippen LogP contribution in [0.1, 0.15) is 44.7 Å². The summed E-state index contributed by atoms with van der Waals surface area (Å²) in [7, 11) is 0. The van der Waals surface area contributed by atoms with E-state index in [1.165, 1.54) is 12.0 Å². The van der Waals surface area contributed by atoms with E-state index < -0.39 is 0 Å². The highest BCUT2D eigenvalue weighted by molar-refractivity contribution is 5.78. The number of likely N-dealkylation sites (tertiary alicyclic amines) is 1. The minimum Gasteiger partial charge on any atom is -0.484 e. The molecule has 0 aromatic heterocycles. The highest BCUT2D eigenvalue weighted by atomic mass is 16.5. The number of rotatable bonds is 4. The molecule has 0 saturated carbocycles.